The first-order valence-corrected chi connectivity index (χ1v) is 8.16. The quantitative estimate of drug-likeness (QED) is 0.561. The molecule has 0 unspecified atom stereocenters. The Hall–Kier alpha value is -0.885. The molecule has 0 bridgehead atoms. The fourth-order valence-electron chi connectivity index (χ4n) is 2.63. The highest BCUT2D eigenvalue weighted by Crippen LogP contribution is 2.36. The van der Waals surface area contributed by atoms with E-state index in [9.17, 15) is 0 Å². The van der Waals surface area contributed by atoms with Crippen molar-refractivity contribution >= 4 is 12.6 Å². The van der Waals surface area contributed by atoms with Crippen LogP contribution < -0.4 is 5.46 Å². The first-order chi connectivity index (χ1) is 10.7. The van der Waals surface area contributed by atoms with Crippen LogP contribution >= 0.6 is 0 Å². The second-order valence-electron chi connectivity index (χ2n) is 7.00. The fourth-order valence-corrected chi connectivity index (χ4v) is 2.63. The van der Waals surface area contributed by atoms with Gasteiger partial charge < -0.3 is 18.8 Å². The number of aromatic nitrogens is 2. The molecule has 0 amide bonds. The van der Waals surface area contributed by atoms with Crippen LogP contribution in [0, 0.1) is 13.8 Å². The monoisotopic (exact) mass is 324 g/mol. The zero-order valence-corrected chi connectivity index (χ0v) is 15.4. The largest absolute Gasteiger partial charge is 0.498 e. The Morgan fingerprint density at radius 2 is 1.65 bits per heavy atom. The predicted octanol–water partition coefficient (Wildman–Crippen LogP) is 1.46. The molecule has 1 aromatic rings. The minimum absolute atomic E-state index is 0.345. The number of ether oxygens (including phenoxy) is 2. The van der Waals surface area contributed by atoms with Crippen LogP contribution in [0.1, 0.15) is 39.1 Å². The average Bonchev–Trinajstić information content (AvgIpc) is 2.82. The summed E-state index contributed by atoms with van der Waals surface area (Å²) in [4.78, 5) is 0. The van der Waals surface area contributed by atoms with Gasteiger partial charge in [-0.25, -0.2) is 0 Å². The Balaban J connectivity index is 2.07. The van der Waals surface area contributed by atoms with Gasteiger partial charge in [-0.1, -0.05) is 0 Å². The molecule has 1 aliphatic rings. The lowest BCUT2D eigenvalue weighted by Gasteiger charge is -2.32. The Labute approximate surface area is 139 Å². The molecule has 2 rings (SSSR count). The van der Waals surface area contributed by atoms with Crippen LogP contribution in [0.3, 0.4) is 0 Å². The fraction of sp³-hybridized carbons (Fsp3) is 0.812. The van der Waals surface area contributed by atoms with E-state index in [1.165, 1.54) is 0 Å². The summed E-state index contributed by atoms with van der Waals surface area (Å²) in [5.74, 6) is 0. The van der Waals surface area contributed by atoms with Gasteiger partial charge in [0.15, 0.2) is 0 Å². The van der Waals surface area contributed by atoms with Crippen LogP contribution in [0.4, 0.5) is 0 Å². The van der Waals surface area contributed by atoms with Crippen LogP contribution in [-0.2, 0) is 25.3 Å². The maximum atomic E-state index is 6.16. The first kappa shape index (κ1) is 18.5. The van der Waals surface area contributed by atoms with Gasteiger partial charge in [-0.3, -0.25) is 4.68 Å². The van der Waals surface area contributed by atoms with Gasteiger partial charge in [0.1, 0.15) is 0 Å². The van der Waals surface area contributed by atoms with E-state index in [1.807, 2.05) is 11.6 Å². The van der Waals surface area contributed by atoms with Gasteiger partial charge in [-0.2, -0.15) is 5.10 Å². The van der Waals surface area contributed by atoms with Crippen LogP contribution in [-0.4, -0.2) is 55.0 Å². The third-order valence-electron chi connectivity index (χ3n) is 4.81. The van der Waals surface area contributed by atoms with Crippen molar-refractivity contribution in [3.63, 3.8) is 0 Å². The summed E-state index contributed by atoms with van der Waals surface area (Å²) >= 11 is 0. The molecule has 0 saturated carbocycles. The average molecular weight is 324 g/mol. The minimum Gasteiger partial charge on any atom is -0.399 e. The van der Waals surface area contributed by atoms with Crippen molar-refractivity contribution in [2.24, 2.45) is 0 Å². The summed E-state index contributed by atoms with van der Waals surface area (Å²) in [6, 6.07) is 0. The van der Waals surface area contributed by atoms with Crippen LogP contribution in [0.15, 0.2) is 0 Å². The number of hydrogen-bond acceptors (Lipinski definition) is 5. The van der Waals surface area contributed by atoms with Crippen molar-refractivity contribution in [2.75, 3.05) is 26.9 Å². The maximum Gasteiger partial charge on any atom is 0.498 e. The summed E-state index contributed by atoms with van der Waals surface area (Å²) in [5.41, 5.74) is 2.35. The second-order valence-corrected chi connectivity index (χ2v) is 7.00. The molecule has 130 valence electrons. The topological polar surface area (TPSA) is 54.7 Å². The van der Waals surface area contributed by atoms with E-state index in [0.29, 0.717) is 26.4 Å². The SMILES string of the molecule is COCCOCCn1nc(C)c(B2OC(C)(C)C(C)(C)O2)c1C. The van der Waals surface area contributed by atoms with E-state index in [-0.39, 0.29) is 18.3 Å². The third-order valence-corrected chi connectivity index (χ3v) is 4.81. The van der Waals surface area contributed by atoms with Gasteiger partial charge >= 0.3 is 7.12 Å². The molecule has 0 radical (unpaired) electrons. The summed E-state index contributed by atoms with van der Waals surface area (Å²) in [6.45, 7) is 14.8. The second kappa shape index (κ2) is 6.93. The highest BCUT2D eigenvalue weighted by Gasteiger charge is 2.53. The molecule has 6 nitrogen and oxygen atoms in total. The molecule has 0 spiro atoms. The number of methoxy groups -OCH3 is 1. The predicted molar refractivity (Wildman–Crippen MR) is 90.1 cm³/mol. The Morgan fingerprint density at radius 3 is 2.22 bits per heavy atom. The summed E-state index contributed by atoms with van der Waals surface area (Å²) in [5, 5.41) is 4.61. The number of aryl methyl sites for hydroxylation is 1. The molecule has 0 N–H and O–H groups in total. The van der Waals surface area contributed by atoms with E-state index in [1.54, 1.807) is 7.11 Å². The molecule has 1 fully saturated rings. The molecular weight excluding hydrogens is 295 g/mol. The molecule has 1 saturated heterocycles. The number of hydrogen-bond donors (Lipinski definition) is 0. The lowest BCUT2D eigenvalue weighted by Crippen LogP contribution is -2.41. The minimum atomic E-state index is -0.372. The van der Waals surface area contributed by atoms with Crippen molar-refractivity contribution in [3.05, 3.63) is 11.4 Å². The van der Waals surface area contributed by atoms with Gasteiger partial charge in [0.2, 0.25) is 0 Å². The highest BCUT2D eigenvalue weighted by molar-refractivity contribution is 6.63. The Bertz CT molecular complexity index is 526. The van der Waals surface area contributed by atoms with Gasteiger partial charge in [0, 0.05) is 18.3 Å². The lowest BCUT2D eigenvalue weighted by molar-refractivity contribution is 0.00578. The van der Waals surface area contributed by atoms with Gasteiger partial charge in [0.05, 0.1) is 43.3 Å². The first-order valence-electron chi connectivity index (χ1n) is 8.16. The van der Waals surface area contributed by atoms with Crippen molar-refractivity contribution in [3.8, 4) is 0 Å². The van der Waals surface area contributed by atoms with E-state index >= 15 is 0 Å². The number of rotatable bonds is 7. The van der Waals surface area contributed by atoms with Crippen LogP contribution in [0.5, 0.6) is 0 Å². The molecule has 2 heterocycles. The summed E-state index contributed by atoms with van der Waals surface area (Å²) < 4.78 is 24.8. The van der Waals surface area contributed by atoms with Crippen molar-refractivity contribution in [1.82, 2.24) is 9.78 Å². The molecule has 1 aliphatic heterocycles. The highest BCUT2D eigenvalue weighted by atomic mass is 16.7. The van der Waals surface area contributed by atoms with E-state index in [4.69, 9.17) is 18.8 Å². The van der Waals surface area contributed by atoms with Crippen molar-refractivity contribution < 1.29 is 18.8 Å². The van der Waals surface area contributed by atoms with Gasteiger partial charge in [0.25, 0.3) is 0 Å². The van der Waals surface area contributed by atoms with E-state index in [2.05, 4.69) is 39.7 Å². The molecule has 0 aliphatic carbocycles. The summed E-state index contributed by atoms with van der Waals surface area (Å²) in [6.07, 6.45) is 0. The molecule has 0 atom stereocenters. The van der Waals surface area contributed by atoms with Gasteiger partial charge in [-0.05, 0) is 41.5 Å². The van der Waals surface area contributed by atoms with Crippen molar-refractivity contribution in [1.29, 1.82) is 0 Å². The standard InChI is InChI=1S/C16H29BN2O4/c1-12-14(17-22-15(3,4)16(5,6)23-17)13(2)19(18-12)8-9-21-11-10-20-7/h8-11H2,1-7H3. The Kier molecular flexibility index (Phi) is 5.56. The summed E-state index contributed by atoms with van der Waals surface area (Å²) in [7, 11) is 1.30. The van der Waals surface area contributed by atoms with Gasteiger partial charge in [-0.15, -0.1) is 0 Å². The molecule has 7 heteroatoms. The molecule has 1 aromatic heterocycles. The Morgan fingerprint density at radius 1 is 1.04 bits per heavy atom. The zero-order valence-electron chi connectivity index (χ0n) is 15.4. The number of nitrogens with zero attached hydrogens (tertiary/aromatic N) is 2. The smallest absolute Gasteiger partial charge is 0.399 e. The maximum absolute atomic E-state index is 6.16. The normalized spacial score (nSPS) is 19.5. The third kappa shape index (κ3) is 3.79. The lowest BCUT2D eigenvalue weighted by atomic mass is 9.77. The molecule has 0 aromatic carbocycles. The molecule has 23 heavy (non-hydrogen) atoms. The van der Waals surface area contributed by atoms with E-state index in [0.717, 1.165) is 16.9 Å². The zero-order chi connectivity index (χ0) is 17.3. The van der Waals surface area contributed by atoms with Crippen LogP contribution in [0.25, 0.3) is 0 Å². The van der Waals surface area contributed by atoms with Crippen LogP contribution in [0.2, 0.25) is 0 Å². The molecular formula is C16H29BN2O4. The van der Waals surface area contributed by atoms with E-state index < -0.39 is 0 Å². The van der Waals surface area contributed by atoms with Crippen molar-refractivity contribution in [2.45, 2.75) is 59.3 Å².